The summed E-state index contributed by atoms with van der Waals surface area (Å²) in [7, 11) is 2.95. The maximum absolute atomic E-state index is 12.2. The molecule has 7 nitrogen and oxygen atoms in total. The molecule has 0 unspecified atom stereocenters. The van der Waals surface area contributed by atoms with E-state index >= 15 is 0 Å². The molecule has 0 fully saturated rings. The number of carbonyl (C=O) groups excluding carboxylic acids is 1. The lowest BCUT2D eigenvalue weighted by atomic mass is 9.99. The Labute approximate surface area is 190 Å². The van der Waals surface area contributed by atoms with E-state index in [-0.39, 0.29) is 13.0 Å². The first-order valence-corrected chi connectivity index (χ1v) is 10.0. The normalized spacial score (nSPS) is 10.3. The van der Waals surface area contributed by atoms with Gasteiger partial charge < -0.3 is 19.3 Å². The van der Waals surface area contributed by atoms with Gasteiger partial charge in [-0.3, -0.25) is 10.1 Å². The minimum atomic E-state index is -0.985. The predicted octanol–water partition coefficient (Wildman–Crippen LogP) is 5.40. The second-order valence-corrected chi connectivity index (χ2v) is 7.29. The fourth-order valence-corrected chi connectivity index (χ4v) is 3.42. The Morgan fingerprint density at radius 1 is 0.969 bits per heavy atom. The monoisotopic (exact) mass is 455 g/mol. The molecule has 3 aromatic rings. The van der Waals surface area contributed by atoms with Gasteiger partial charge in [-0.2, -0.15) is 0 Å². The number of carboxylic acid groups (broad SMARTS) is 1. The van der Waals surface area contributed by atoms with Gasteiger partial charge in [0.25, 0.3) is 0 Å². The van der Waals surface area contributed by atoms with Crippen LogP contribution < -0.4 is 14.8 Å². The van der Waals surface area contributed by atoms with Crippen LogP contribution in [0.15, 0.2) is 60.7 Å². The molecule has 3 aromatic carbocycles. The standard InChI is InChI=1S/C24H22ClNO6/c1-30-21-13-20(22(31-2)10-17(21)11-23(27)28)16-8-18(25)12-19(9-16)26-24(29)32-14-15-6-4-3-5-7-15/h3-10,12-13H,11,14H2,1-2H3,(H,26,29)(H,27,28). The highest BCUT2D eigenvalue weighted by Crippen LogP contribution is 2.38. The van der Waals surface area contributed by atoms with E-state index in [2.05, 4.69) is 5.32 Å². The molecule has 0 aliphatic carbocycles. The van der Waals surface area contributed by atoms with Gasteiger partial charge in [-0.15, -0.1) is 0 Å². The van der Waals surface area contributed by atoms with E-state index in [1.807, 2.05) is 30.3 Å². The van der Waals surface area contributed by atoms with E-state index in [9.17, 15) is 9.59 Å². The smallest absolute Gasteiger partial charge is 0.411 e. The molecule has 8 heteroatoms. The molecule has 1 amide bonds. The second-order valence-electron chi connectivity index (χ2n) is 6.85. The molecule has 166 valence electrons. The average Bonchev–Trinajstić information content (AvgIpc) is 2.77. The topological polar surface area (TPSA) is 94.1 Å². The van der Waals surface area contributed by atoms with E-state index in [1.54, 1.807) is 30.3 Å². The molecule has 32 heavy (non-hydrogen) atoms. The summed E-state index contributed by atoms with van der Waals surface area (Å²) in [5.74, 6) is -0.136. The number of carbonyl (C=O) groups is 2. The van der Waals surface area contributed by atoms with E-state index in [4.69, 9.17) is 30.9 Å². The van der Waals surface area contributed by atoms with Gasteiger partial charge in [0.1, 0.15) is 18.1 Å². The average molecular weight is 456 g/mol. The fraction of sp³-hybridized carbons (Fsp3) is 0.167. The number of rotatable bonds is 8. The van der Waals surface area contributed by atoms with Crippen molar-refractivity contribution in [3.8, 4) is 22.6 Å². The number of carboxylic acids is 1. The molecule has 2 N–H and O–H groups in total. The Balaban J connectivity index is 1.86. The number of benzene rings is 3. The molecule has 0 atom stereocenters. The van der Waals surface area contributed by atoms with Crippen molar-refractivity contribution >= 4 is 29.4 Å². The Hall–Kier alpha value is -3.71. The molecule has 0 aliphatic rings. The number of amides is 1. The van der Waals surface area contributed by atoms with Crippen molar-refractivity contribution in [3.05, 3.63) is 76.8 Å². The van der Waals surface area contributed by atoms with Crippen LogP contribution in [0.1, 0.15) is 11.1 Å². The zero-order valence-corrected chi connectivity index (χ0v) is 18.3. The van der Waals surface area contributed by atoms with Crippen molar-refractivity contribution < 1.29 is 28.9 Å². The van der Waals surface area contributed by atoms with Gasteiger partial charge in [0, 0.05) is 21.8 Å². The number of hydrogen-bond donors (Lipinski definition) is 2. The van der Waals surface area contributed by atoms with Gasteiger partial charge in [0.15, 0.2) is 0 Å². The Morgan fingerprint density at radius 3 is 2.34 bits per heavy atom. The lowest BCUT2D eigenvalue weighted by Gasteiger charge is -2.16. The number of hydrogen-bond acceptors (Lipinski definition) is 5. The third-order valence-electron chi connectivity index (χ3n) is 4.61. The number of ether oxygens (including phenoxy) is 3. The first-order chi connectivity index (χ1) is 15.4. The van der Waals surface area contributed by atoms with Crippen molar-refractivity contribution in [1.29, 1.82) is 0 Å². The molecular formula is C24H22ClNO6. The summed E-state index contributed by atoms with van der Waals surface area (Å²) in [6.45, 7) is 0.135. The molecule has 0 saturated heterocycles. The lowest BCUT2D eigenvalue weighted by Crippen LogP contribution is -2.13. The molecule has 0 saturated carbocycles. The molecule has 0 heterocycles. The second kappa shape index (κ2) is 10.5. The third kappa shape index (κ3) is 5.92. The molecule has 0 spiro atoms. The molecule has 3 rings (SSSR count). The molecule has 0 bridgehead atoms. The zero-order valence-electron chi connectivity index (χ0n) is 17.6. The number of methoxy groups -OCH3 is 2. The molecule has 0 aromatic heterocycles. The van der Waals surface area contributed by atoms with Crippen LogP contribution in [0.5, 0.6) is 11.5 Å². The first-order valence-electron chi connectivity index (χ1n) is 9.65. The van der Waals surface area contributed by atoms with Crippen molar-refractivity contribution in [2.45, 2.75) is 13.0 Å². The van der Waals surface area contributed by atoms with Gasteiger partial charge in [-0.1, -0.05) is 41.9 Å². The summed E-state index contributed by atoms with van der Waals surface area (Å²) >= 11 is 6.28. The SMILES string of the molecule is COc1cc(-c2cc(Cl)cc(NC(=O)OCc3ccccc3)c2)c(OC)cc1CC(=O)O. The molecule has 0 aliphatic heterocycles. The summed E-state index contributed by atoms with van der Waals surface area (Å²) in [6, 6.07) is 17.6. The van der Waals surface area contributed by atoms with Crippen molar-refractivity contribution in [3.63, 3.8) is 0 Å². The highest BCUT2D eigenvalue weighted by Gasteiger charge is 2.16. The number of nitrogens with one attached hydrogen (secondary N) is 1. The minimum Gasteiger partial charge on any atom is -0.496 e. The largest absolute Gasteiger partial charge is 0.496 e. The van der Waals surface area contributed by atoms with Crippen molar-refractivity contribution in [2.24, 2.45) is 0 Å². The van der Waals surface area contributed by atoms with E-state index in [0.29, 0.717) is 38.9 Å². The van der Waals surface area contributed by atoms with Crippen LogP contribution in [-0.4, -0.2) is 31.4 Å². The highest BCUT2D eigenvalue weighted by atomic mass is 35.5. The predicted molar refractivity (Wildman–Crippen MR) is 122 cm³/mol. The van der Waals surface area contributed by atoms with Crippen LogP contribution in [0.2, 0.25) is 5.02 Å². The Bertz CT molecular complexity index is 1120. The van der Waals surface area contributed by atoms with Gasteiger partial charge >= 0.3 is 12.1 Å². The van der Waals surface area contributed by atoms with E-state index < -0.39 is 12.1 Å². The van der Waals surface area contributed by atoms with E-state index in [0.717, 1.165) is 5.56 Å². The summed E-state index contributed by atoms with van der Waals surface area (Å²) in [5, 5.41) is 12.2. The zero-order chi connectivity index (χ0) is 23.1. The van der Waals surface area contributed by atoms with Gasteiger partial charge in [-0.05, 0) is 41.5 Å². The highest BCUT2D eigenvalue weighted by molar-refractivity contribution is 6.31. The molecular weight excluding hydrogens is 434 g/mol. The Kier molecular flexibility index (Phi) is 7.57. The first kappa shape index (κ1) is 23.0. The fourth-order valence-electron chi connectivity index (χ4n) is 3.18. The quantitative estimate of drug-likeness (QED) is 0.472. The maximum atomic E-state index is 12.2. The summed E-state index contributed by atoms with van der Waals surface area (Å²) in [6.07, 6.45) is -0.835. The van der Waals surface area contributed by atoms with Gasteiger partial charge in [0.05, 0.1) is 20.6 Å². The van der Waals surface area contributed by atoms with Crippen LogP contribution in [-0.2, 0) is 22.6 Å². The van der Waals surface area contributed by atoms with Gasteiger partial charge in [0.2, 0.25) is 0 Å². The number of anilines is 1. The minimum absolute atomic E-state index is 0.135. The van der Waals surface area contributed by atoms with Crippen LogP contribution in [0, 0.1) is 0 Å². The van der Waals surface area contributed by atoms with Crippen molar-refractivity contribution in [1.82, 2.24) is 0 Å². The van der Waals surface area contributed by atoms with Crippen LogP contribution in [0.25, 0.3) is 11.1 Å². The van der Waals surface area contributed by atoms with Gasteiger partial charge in [-0.25, -0.2) is 4.79 Å². The number of halogens is 1. The third-order valence-corrected chi connectivity index (χ3v) is 4.83. The summed E-state index contributed by atoms with van der Waals surface area (Å²) in [5.41, 5.74) is 3.05. The number of aliphatic carboxylic acids is 1. The maximum Gasteiger partial charge on any atom is 0.411 e. The summed E-state index contributed by atoms with van der Waals surface area (Å²) in [4.78, 5) is 23.4. The lowest BCUT2D eigenvalue weighted by molar-refractivity contribution is -0.136. The van der Waals surface area contributed by atoms with Crippen LogP contribution in [0.4, 0.5) is 10.5 Å². The molecule has 0 radical (unpaired) electrons. The van der Waals surface area contributed by atoms with Crippen molar-refractivity contribution in [2.75, 3.05) is 19.5 Å². The van der Waals surface area contributed by atoms with E-state index in [1.165, 1.54) is 14.2 Å². The van der Waals surface area contributed by atoms with Crippen LogP contribution in [0.3, 0.4) is 0 Å². The Morgan fingerprint density at radius 2 is 1.69 bits per heavy atom. The summed E-state index contributed by atoms with van der Waals surface area (Å²) < 4.78 is 16.1. The van der Waals surface area contributed by atoms with Crippen LogP contribution >= 0.6 is 11.6 Å².